The standard InChI is InChI=1S/C15H12ClN3O2/c1-20-11-4-2-3-9(7-11)14-18-15(21-19-14)12-6-5-10(16)8-13(12)17/h2-8H,17H2,1H3. The predicted octanol–water partition coefficient (Wildman–Crippen LogP) is 3.65. The zero-order valence-electron chi connectivity index (χ0n) is 11.2. The highest BCUT2D eigenvalue weighted by molar-refractivity contribution is 6.31. The molecule has 3 aromatic rings. The van der Waals surface area contributed by atoms with Crippen molar-refractivity contribution in [2.24, 2.45) is 0 Å². The summed E-state index contributed by atoms with van der Waals surface area (Å²) in [5, 5.41) is 4.53. The number of nitrogen functional groups attached to an aromatic ring is 1. The van der Waals surface area contributed by atoms with Crippen molar-refractivity contribution in [2.75, 3.05) is 12.8 Å². The average Bonchev–Trinajstić information content (AvgIpc) is 2.97. The van der Waals surface area contributed by atoms with Crippen molar-refractivity contribution in [3.05, 3.63) is 47.5 Å². The monoisotopic (exact) mass is 301 g/mol. The van der Waals surface area contributed by atoms with Crippen molar-refractivity contribution in [1.29, 1.82) is 0 Å². The molecule has 0 amide bonds. The highest BCUT2D eigenvalue weighted by Gasteiger charge is 2.13. The lowest BCUT2D eigenvalue weighted by atomic mass is 10.2. The van der Waals surface area contributed by atoms with Crippen molar-refractivity contribution in [3.63, 3.8) is 0 Å². The van der Waals surface area contributed by atoms with Gasteiger partial charge in [-0.3, -0.25) is 0 Å². The minimum Gasteiger partial charge on any atom is -0.497 e. The quantitative estimate of drug-likeness (QED) is 0.747. The molecule has 3 rings (SSSR count). The van der Waals surface area contributed by atoms with Crippen LogP contribution in [0.4, 0.5) is 5.69 Å². The Balaban J connectivity index is 1.99. The molecule has 0 saturated carbocycles. The van der Waals surface area contributed by atoms with Gasteiger partial charge in [-0.2, -0.15) is 4.98 Å². The molecule has 5 nitrogen and oxygen atoms in total. The molecule has 0 radical (unpaired) electrons. The van der Waals surface area contributed by atoms with Gasteiger partial charge in [0.05, 0.1) is 12.7 Å². The van der Waals surface area contributed by atoms with Gasteiger partial charge in [0.15, 0.2) is 0 Å². The maximum absolute atomic E-state index is 5.91. The highest BCUT2D eigenvalue weighted by Crippen LogP contribution is 2.29. The van der Waals surface area contributed by atoms with Crippen LogP contribution in [0.15, 0.2) is 47.0 Å². The van der Waals surface area contributed by atoms with Crippen molar-refractivity contribution in [2.45, 2.75) is 0 Å². The summed E-state index contributed by atoms with van der Waals surface area (Å²) in [6.07, 6.45) is 0. The number of benzene rings is 2. The van der Waals surface area contributed by atoms with E-state index >= 15 is 0 Å². The number of aromatic nitrogens is 2. The molecule has 0 atom stereocenters. The maximum atomic E-state index is 5.91. The molecule has 0 fully saturated rings. The highest BCUT2D eigenvalue weighted by atomic mass is 35.5. The minimum atomic E-state index is 0.349. The second kappa shape index (κ2) is 5.46. The molecule has 0 bridgehead atoms. The van der Waals surface area contributed by atoms with E-state index in [9.17, 15) is 0 Å². The predicted molar refractivity (Wildman–Crippen MR) is 81.1 cm³/mol. The lowest BCUT2D eigenvalue weighted by molar-refractivity contribution is 0.414. The van der Waals surface area contributed by atoms with E-state index < -0.39 is 0 Å². The van der Waals surface area contributed by atoms with Gasteiger partial charge in [0.25, 0.3) is 5.89 Å². The van der Waals surface area contributed by atoms with Crippen LogP contribution in [-0.4, -0.2) is 17.3 Å². The van der Waals surface area contributed by atoms with Crippen molar-refractivity contribution in [1.82, 2.24) is 10.1 Å². The fraction of sp³-hybridized carbons (Fsp3) is 0.0667. The van der Waals surface area contributed by atoms with E-state index in [-0.39, 0.29) is 0 Å². The summed E-state index contributed by atoms with van der Waals surface area (Å²) in [6.45, 7) is 0. The molecule has 2 N–H and O–H groups in total. The van der Waals surface area contributed by atoms with Gasteiger partial charge in [-0.25, -0.2) is 0 Å². The lowest BCUT2D eigenvalue weighted by Crippen LogP contribution is -1.90. The Hall–Kier alpha value is -2.53. The van der Waals surface area contributed by atoms with E-state index in [2.05, 4.69) is 10.1 Å². The number of nitrogens with two attached hydrogens (primary N) is 1. The molecule has 1 aromatic heterocycles. The summed E-state index contributed by atoms with van der Waals surface area (Å²) in [5.74, 6) is 1.55. The Morgan fingerprint density at radius 3 is 2.81 bits per heavy atom. The Kier molecular flexibility index (Phi) is 3.50. The fourth-order valence-electron chi connectivity index (χ4n) is 1.94. The topological polar surface area (TPSA) is 74.2 Å². The average molecular weight is 302 g/mol. The lowest BCUT2D eigenvalue weighted by Gasteiger charge is -2.01. The van der Waals surface area contributed by atoms with E-state index in [1.807, 2.05) is 24.3 Å². The number of halogens is 1. The van der Waals surface area contributed by atoms with Crippen LogP contribution in [0, 0.1) is 0 Å². The number of hydrogen-bond acceptors (Lipinski definition) is 5. The Morgan fingerprint density at radius 1 is 1.19 bits per heavy atom. The van der Waals surface area contributed by atoms with Crippen molar-refractivity contribution < 1.29 is 9.26 Å². The second-order valence-electron chi connectivity index (χ2n) is 4.39. The van der Waals surface area contributed by atoms with Crippen LogP contribution < -0.4 is 10.5 Å². The first kappa shape index (κ1) is 13.5. The van der Waals surface area contributed by atoms with Crippen LogP contribution >= 0.6 is 11.6 Å². The molecular weight excluding hydrogens is 290 g/mol. The van der Waals surface area contributed by atoms with Crippen LogP contribution in [0.2, 0.25) is 5.02 Å². The summed E-state index contributed by atoms with van der Waals surface area (Å²) >= 11 is 5.88. The third-order valence-corrected chi connectivity index (χ3v) is 3.23. The van der Waals surface area contributed by atoms with Crippen LogP contribution in [0.1, 0.15) is 0 Å². The summed E-state index contributed by atoms with van der Waals surface area (Å²) in [6, 6.07) is 12.5. The third kappa shape index (κ3) is 2.68. The largest absolute Gasteiger partial charge is 0.497 e. The molecule has 6 heteroatoms. The van der Waals surface area contributed by atoms with Gasteiger partial charge >= 0.3 is 0 Å². The summed E-state index contributed by atoms with van der Waals surface area (Å²) in [7, 11) is 1.61. The van der Waals surface area contributed by atoms with Crippen LogP contribution in [0.25, 0.3) is 22.8 Å². The van der Waals surface area contributed by atoms with Gasteiger partial charge in [-0.05, 0) is 30.3 Å². The first-order chi connectivity index (χ1) is 10.2. The zero-order chi connectivity index (χ0) is 14.8. The molecule has 0 aliphatic rings. The van der Waals surface area contributed by atoms with Crippen LogP contribution in [0.3, 0.4) is 0 Å². The number of anilines is 1. The summed E-state index contributed by atoms with van der Waals surface area (Å²) < 4.78 is 10.5. The number of nitrogens with zero attached hydrogens (tertiary/aromatic N) is 2. The first-order valence-electron chi connectivity index (χ1n) is 6.21. The third-order valence-electron chi connectivity index (χ3n) is 3.00. The smallest absolute Gasteiger partial charge is 0.260 e. The Bertz CT molecular complexity index is 786. The molecule has 106 valence electrons. The van der Waals surface area contributed by atoms with E-state index in [0.29, 0.717) is 28.0 Å². The normalized spacial score (nSPS) is 10.6. The van der Waals surface area contributed by atoms with Crippen LogP contribution in [0.5, 0.6) is 5.75 Å². The molecule has 0 aliphatic heterocycles. The van der Waals surface area contributed by atoms with E-state index in [0.717, 1.165) is 11.3 Å². The molecule has 0 saturated heterocycles. The number of hydrogen-bond donors (Lipinski definition) is 1. The van der Waals surface area contributed by atoms with Crippen molar-refractivity contribution >= 4 is 17.3 Å². The minimum absolute atomic E-state index is 0.349. The molecule has 21 heavy (non-hydrogen) atoms. The van der Waals surface area contributed by atoms with Gasteiger partial charge in [0, 0.05) is 16.3 Å². The van der Waals surface area contributed by atoms with Crippen LogP contribution in [-0.2, 0) is 0 Å². The molecular formula is C15H12ClN3O2. The Labute approximate surface area is 126 Å². The van der Waals surface area contributed by atoms with Gasteiger partial charge in [-0.1, -0.05) is 28.9 Å². The number of ether oxygens (including phenoxy) is 1. The first-order valence-corrected chi connectivity index (χ1v) is 6.58. The van der Waals surface area contributed by atoms with E-state index in [4.69, 9.17) is 26.6 Å². The number of methoxy groups -OCH3 is 1. The van der Waals surface area contributed by atoms with Crippen molar-refractivity contribution in [3.8, 4) is 28.6 Å². The molecule has 0 unspecified atom stereocenters. The summed E-state index contributed by atoms with van der Waals surface area (Å²) in [4.78, 5) is 4.36. The zero-order valence-corrected chi connectivity index (χ0v) is 12.0. The Morgan fingerprint density at radius 2 is 2.05 bits per heavy atom. The summed E-state index contributed by atoms with van der Waals surface area (Å²) in [5.41, 5.74) is 7.86. The molecule has 2 aromatic carbocycles. The van der Waals surface area contributed by atoms with Gasteiger partial charge < -0.3 is 15.0 Å². The fourth-order valence-corrected chi connectivity index (χ4v) is 2.12. The number of rotatable bonds is 3. The van der Waals surface area contributed by atoms with Gasteiger partial charge in [0.1, 0.15) is 5.75 Å². The molecule has 1 heterocycles. The van der Waals surface area contributed by atoms with Gasteiger partial charge in [-0.15, -0.1) is 0 Å². The maximum Gasteiger partial charge on any atom is 0.260 e. The van der Waals surface area contributed by atoms with E-state index in [1.54, 1.807) is 25.3 Å². The SMILES string of the molecule is COc1cccc(-c2noc(-c3ccc(Cl)cc3N)n2)c1. The second-order valence-corrected chi connectivity index (χ2v) is 4.82. The molecule has 0 aliphatic carbocycles. The molecule has 0 spiro atoms. The van der Waals surface area contributed by atoms with Gasteiger partial charge in [0.2, 0.25) is 5.82 Å². The van der Waals surface area contributed by atoms with E-state index in [1.165, 1.54) is 0 Å².